The van der Waals surface area contributed by atoms with Crippen molar-refractivity contribution in [3.63, 3.8) is 0 Å². The minimum atomic E-state index is -0.979. The lowest BCUT2D eigenvalue weighted by molar-refractivity contribution is -0.157. The van der Waals surface area contributed by atoms with Crippen LogP contribution in [0.15, 0.2) is 48.5 Å². The summed E-state index contributed by atoms with van der Waals surface area (Å²) in [5.41, 5.74) is 2.51. The first-order chi connectivity index (χ1) is 14.4. The second kappa shape index (κ2) is 9.43. The van der Waals surface area contributed by atoms with E-state index in [-0.39, 0.29) is 18.9 Å². The molecule has 2 aromatic carbocycles. The number of aryl methyl sites for hydroxylation is 1. The number of nitrogens with zero attached hydrogens (tertiary/aromatic N) is 1. The smallest absolute Gasteiger partial charge is 0.312 e. The van der Waals surface area contributed by atoms with Crippen LogP contribution in [0.5, 0.6) is 5.75 Å². The number of carbonyl (C=O) groups is 3. The van der Waals surface area contributed by atoms with Crippen molar-refractivity contribution in [1.82, 2.24) is 0 Å². The molecule has 0 radical (unpaired) electrons. The molecule has 0 spiro atoms. The third kappa shape index (κ3) is 4.97. The van der Waals surface area contributed by atoms with Crippen LogP contribution < -0.4 is 15.0 Å². The molecule has 0 bridgehead atoms. The zero-order valence-corrected chi connectivity index (χ0v) is 17.4. The highest BCUT2D eigenvalue weighted by Gasteiger charge is 2.37. The zero-order chi connectivity index (χ0) is 21.7. The highest BCUT2D eigenvalue weighted by molar-refractivity contribution is 6.00. The fourth-order valence-corrected chi connectivity index (χ4v) is 3.27. The van der Waals surface area contributed by atoms with Crippen LogP contribution in [0.3, 0.4) is 0 Å². The zero-order valence-electron chi connectivity index (χ0n) is 17.4. The molecular weight excluding hydrogens is 384 g/mol. The van der Waals surface area contributed by atoms with E-state index in [2.05, 4.69) is 12.2 Å². The molecule has 0 aliphatic carbocycles. The standard InChI is InChI=1S/C23H26N2O5/c1-4-16-5-9-19(10-6-16)25-14-17(13-21(25)26)23(28)30-15(2)22(27)24-18-7-11-20(29-3)12-8-18/h5-12,15,17H,4,13-14H2,1-3H3,(H,24,27)/t15-,17-/m1/s1. The molecule has 1 heterocycles. The monoisotopic (exact) mass is 410 g/mol. The minimum Gasteiger partial charge on any atom is -0.497 e. The van der Waals surface area contributed by atoms with Gasteiger partial charge in [-0.1, -0.05) is 19.1 Å². The van der Waals surface area contributed by atoms with Crippen molar-refractivity contribution in [3.8, 4) is 5.75 Å². The van der Waals surface area contributed by atoms with Gasteiger partial charge in [-0.05, 0) is 55.3 Å². The second-order valence-corrected chi connectivity index (χ2v) is 7.22. The number of methoxy groups -OCH3 is 1. The summed E-state index contributed by atoms with van der Waals surface area (Å²) in [7, 11) is 1.56. The number of rotatable bonds is 7. The molecule has 1 N–H and O–H groups in total. The lowest BCUT2D eigenvalue weighted by Crippen LogP contribution is -2.33. The Kier molecular flexibility index (Phi) is 6.72. The van der Waals surface area contributed by atoms with Gasteiger partial charge in [0.05, 0.1) is 13.0 Å². The molecule has 2 aromatic rings. The van der Waals surface area contributed by atoms with Crippen LogP contribution in [0.4, 0.5) is 11.4 Å². The summed E-state index contributed by atoms with van der Waals surface area (Å²) in [5.74, 6) is -1.04. The Bertz CT molecular complexity index is 908. The van der Waals surface area contributed by atoms with Crippen LogP contribution in [0.2, 0.25) is 0 Å². The number of carbonyl (C=O) groups excluding carboxylic acids is 3. The summed E-state index contributed by atoms with van der Waals surface area (Å²) in [6.07, 6.45) is 0.00786. The van der Waals surface area contributed by atoms with E-state index in [0.717, 1.165) is 12.1 Å². The Morgan fingerprint density at radius 3 is 2.40 bits per heavy atom. The van der Waals surface area contributed by atoms with Crippen molar-refractivity contribution in [1.29, 1.82) is 0 Å². The molecule has 2 atom stereocenters. The van der Waals surface area contributed by atoms with Crippen molar-refractivity contribution < 1.29 is 23.9 Å². The van der Waals surface area contributed by atoms with Crippen LogP contribution >= 0.6 is 0 Å². The van der Waals surface area contributed by atoms with E-state index in [0.29, 0.717) is 11.4 Å². The average molecular weight is 410 g/mol. The summed E-state index contributed by atoms with van der Waals surface area (Å²) in [6.45, 7) is 3.82. The SMILES string of the molecule is CCc1ccc(N2C[C@H](C(=O)O[C@H](C)C(=O)Nc3ccc(OC)cc3)CC2=O)cc1. The van der Waals surface area contributed by atoms with Crippen LogP contribution in [0.25, 0.3) is 0 Å². The second-order valence-electron chi connectivity index (χ2n) is 7.22. The molecule has 1 saturated heterocycles. The summed E-state index contributed by atoms with van der Waals surface area (Å²) in [4.78, 5) is 38.8. The molecule has 0 aromatic heterocycles. The molecule has 1 fully saturated rings. The van der Waals surface area contributed by atoms with E-state index in [4.69, 9.17) is 9.47 Å². The van der Waals surface area contributed by atoms with Crippen molar-refractivity contribution in [3.05, 3.63) is 54.1 Å². The van der Waals surface area contributed by atoms with Gasteiger partial charge in [-0.2, -0.15) is 0 Å². The Morgan fingerprint density at radius 1 is 1.13 bits per heavy atom. The number of anilines is 2. The van der Waals surface area contributed by atoms with Gasteiger partial charge < -0.3 is 19.7 Å². The number of amides is 2. The van der Waals surface area contributed by atoms with E-state index < -0.39 is 23.9 Å². The third-order valence-corrected chi connectivity index (χ3v) is 5.13. The van der Waals surface area contributed by atoms with Crippen molar-refractivity contribution >= 4 is 29.2 Å². The third-order valence-electron chi connectivity index (χ3n) is 5.13. The normalized spacial score (nSPS) is 16.8. The quantitative estimate of drug-likeness (QED) is 0.709. The highest BCUT2D eigenvalue weighted by Crippen LogP contribution is 2.26. The predicted molar refractivity (Wildman–Crippen MR) is 113 cm³/mol. The number of hydrogen-bond donors (Lipinski definition) is 1. The van der Waals surface area contributed by atoms with Gasteiger partial charge in [0, 0.05) is 24.3 Å². The Morgan fingerprint density at radius 2 is 1.80 bits per heavy atom. The first-order valence-electron chi connectivity index (χ1n) is 9.96. The van der Waals surface area contributed by atoms with Gasteiger partial charge in [-0.3, -0.25) is 14.4 Å². The number of ether oxygens (including phenoxy) is 2. The maximum absolute atomic E-state index is 12.5. The van der Waals surface area contributed by atoms with E-state index >= 15 is 0 Å². The lowest BCUT2D eigenvalue weighted by Gasteiger charge is -2.18. The molecule has 1 aliphatic rings. The van der Waals surface area contributed by atoms with Gasteiger partial charge in [0.1, 0.15) is 5.75 Å². The largest absolute Gasteiger partial charge is 0.497 e. The molecule has 1 aliphatic heterocycles. The molecule has 0 unspecified atom stereocenters. The highest BCUT2D eigenvalue weighted by atomic mass is 16.5. The topological polar surface area (TPSA) is 84.9 Å². The molecular formula is C23H26N2O5. The maximum atomic E-state index is 12.5. The van der Waals surface area contributed by atoms with Gasteiger partial charge in [0.2, 0.25) is 5.91 Å². The summed E-state index contributed by atoms with van der Waals surface area (Å²) in [5, 5.41) is 2.69. The van der Waals surface area contributed by atoms with Gasteiger partial charge in [-0.15, -0.1) is 0 Å². The molecule has 3 rings (SSSR count). The maximum Gasteiger partial charge on any atom is 0.312 e. The summed E-state index contributed by atoms with van der Waals surface area (Å²) >= 11 is 0. The van der Waals surface area contributed by atoms with Crippen LogP contribution in [0, 0.1) is 5.92 Å². The van der Waals surface area contributed by atoms with Gasteiger partial charge in [0.25, 0.3) is 5.91 Å². The summed E-state index contributed by atoms with van der Waals surface area (Å²) < 4.78 is 10.4. The van der Waals surface area contributed by atoms with Gasteiger partial charge in [-0.25, -0.2) is 0 Å². The van der Waals surface area contributed by atoms with Crippen molar-refractivity contribution in [2.75, 3.05) is 23.9 Å². The molecule has 7 nitrogen and oxygen atoms in total. The summed E-state index contributed by atoms with van der Waals surface area (Å²) in [6, 6.07) is 14.5. The first kappa shape index (κ1) is 21.4. The predicted octanol–water partition coefficient (Wildman–Crippen LogP) is 3.18. The number of esters is 1. The molecule has 0 saturated carbocycles. The fraction of sp³-hybridized carbons (Fsp3) is 0.348. The van der Waals surface area contributed by atoms with Crippen molar-refractivity contribution in [2.24, 2.45) is 5.92 Å². The van der Waals surface area contributed by atoms with Crippen molar-refractivity contribution in [2.45, 2.75) is 32.8 Å². The van der Waals surface area contributed by atoms with Gasteiger partial charge >= 0.3 is 5.97 Å². The molecule has 2 amide bonds. The van der Waals surface area contributed by atoms with Crippen LogP contribution in [-0.2, 0) is 25.5 Å². The van der Waals surface area contributed by atoms with Gasteiger partial charge in [0.15, 0.2) is 6.10 Å². The number of benzene rings is 2. The Hall–Kier alpha value is -3.35. The average Bonchev–Trinajstić information content (AvgIpc) is 3.16. The van der Waals surface area contributed by atoms with Crippen LogP contribution in [-0.4, -0.2) is 37.5 Å². The van der Waals surface area contributed by atoms with E-state index in [1.54, 1.807) is 36.3 Å². The Balaban J connectivity index is 1.55. The van der Waals surface area contributed by atoms with E-state index in [1.807, 2.05) is 24.3 Å². The lowest BCUT2D eigenvalue weighted by atomic mass is 10.1. The molecule has 158 valence electrons. The minimum absolute atomic E-state index is 0.0706. The van der Waals surface area contributed by atoms with E-state index in [1.165, 1.54) is 12.5 Å². The number of nitrogens with one attached hydrogen (secondary N) is 1. The van der Waals surface area contributed by atoms with E-state index in [9.17, 15) is 14.4 Å². The number of hydrogen-bond acceptors (Lipinski definition) is 5. The molecule has 7 heteroatoms. The Labute approximate surface area is 176 Å². The fourth-order valence-electron chi connectivity index (χ4n) is 3.27. The molecule has 30 heavy (non-hydrogen) atoms. The van der Waals surface area contributed by atoms with Crippen LogP contribution in [0.1, 0.15) is 25.8 Å². The first-order valence-corrected chi connectivity index (χ1v) is 9.96.